The number of hydrogen-bond donors (Lipinski definition) is 1. The fourth-order valence-electron chi connectivity index (χ4n) is 5.94. The van der Waals surface area contributed by atoms with Crippen molar-refractivity contribution in [2.45, 2.75) is 63.6 Å². The van der Waals surface area contributed by atoms with Gasteiger partial charge in [-0.25, -0.2) is 0 Å². The van der Waals surface area contributed by atoms with Crippen LogP contribution in [0.15, 0.2) is 30.3 Å². The van der Waals surface area contributed by atoms with Crippen LogP contribution in [0.5, 0.6) is 0 Å². The Kier molecular flexibility index (Phi) is 5.74. The van der Waals surface area contributed by atoms with Crippen molar-refractivity contribution in [1.82, 2.24) is 9.80 Å². The number of unbranched alkanes of at least 4 members (excludes halogenated alkanes) is 1. The van der Waals surface area contributed by atoms with Gasteiger partial charge in [-0.05, 0) is 75.4 Å². The average molecular weight is 343 g/mol. The number of aliphatic hydroxyl groups excluding tert-OH is 1. The highest BCUT2D eigenvalue weighted by Gasteiger charge is 2.47. The highest BCUT2D eigenvalue weighted by Crippen LogP contribution is 2.43. The number of benzene rings is 1. The number of aliphatic hydroxyl groups is 1. The molecule has 0 aromatic heterocycles. The fraction of sp³-hybridized carbons (Fsp3) is 0.727. The van der Waals surface area contributed by atoms with Crippen LogP contribution in [-0.4, -0.2) is 53.2 Å². The summed E-state index contributed by atoms with van der Waals surface area (Å²) in [6.07, 6.45) is 8.99. The zero-order valence-electron chi connectivity index (χ0n) is 15.5. The van der Waals surface area contributed by atoms with Crippen molar-refractivity contribution in [3.05, 3.63) is 35.9 Å². The van der Waals surface area contributed by atoms with E-state index in [4.69, 9.17) is 0 Å². The zero-order valence-corrected chi connectivity index (χ0v) is 15.5. The molecule has 3 fully saturated rings. The van der Waals surface area contributed by atoms with Gasteiger partial charge in [0.2, 0.25) is 0 Å². The number of nitrogens with zero attached hydrogens (tertiary/aromatic N) is 2. The average Bonchev–Trinajstić information content (AvgIpc) is 2.65. The van der Waals surface area contributed by atoms with Crippen LogP contribution in [0.3, 0.4) is 0 Å². The van der Waals surface area contributed by atoms with E-state index in [1.54, 1.807) is 0 Å². The minimum absolute atomic E-state index is 0.342. The first-order chi connectivity index (χ1) is 12.4. The molecule has 25 heavy (non-hydrogen) atoms. The third-order valence-electron chi connectivity index (χ3n) is 6.92. The lowest BCUT2D eigenvalue weighted by Crippen LogP contribution is -2.64. The molecule has 3 heteroatoms. The van der Waals surface area contributed by atoms with Crippen molar-refractivity contribution in [1.29, 1.82) is 0 Å². The highest BCUT2D eigenvalue weighted by molar-refractivity contribution is 5.15. The molecule has 3 heterocycles. The molecule has 3 aliphatic heterocycles. The van der Waals surface area contributed by atoms with Crippen molar-refractivity contribution >= 4 is 0 Å². The molecule has 1 aromatic carbocycles. The van der Waals surface area contributed by atoms with E-state index in [0.717, 1.165) is 30.8 Å². The molecular formula is C22H34N2O. The van der Waals surface area contributed by atoms with Gasteiger partial charge >= 0.3 is 0 Å². The second-order valence-corrected chi connectivity index (χ2v) is 8.44. The number of likely N-dealkylation sites (tertiary alicyclic amines) is 1. The van der Waals surface area contributed by atoms with Crippen molar-refractivity contribution in [3.8, 4) is 0 Å². The predicted molar refractivity (Wildman–Crippen MR) is 102 cm³/mol. The highest BCUT2D eigenvalue weighted by atomic mass is 16.2. The fourth-order valence-corrected chi connectivity index (χ4v) is 5.94. The lowest BCUT2D eigenvalue weighted by molar-refractivity contribution is -0.0812. The van der Waals surface area contributed by atoms with Crippen LogP contribution in [0.25, 0.3) is 0 Å². The molecule has 0 amide bonds. The quantitative estimate of drug-likeness (QED) is 0.801. The topological polar surface area (TPSA) is 26.7 Å². The molecule has 1 N–H and O–H groups in total. The van der Waals surface area contributed by atoms with Gasteiger partial charge in [0.1, 0.15) is 0 Å². The van der Waals surface area contributed by atoms with Crippen molar-refractivity contribution in [2.24, 2.45) is 11.8 Å². The minimum atomic E-state index is 0.342. The maximum Gasteiger partial charge on any atom is 0.0431 e. The summed E-state index contributed by atoms with van der Waals surface area (Å²) >= 11 is 0. The SMILES string of the molecule is OCCCCC1[C@H]2CCCN3CCC[C@@H](CN1Cc1ccccc1)[C@@H]23. The maximum absolute atomic E-state index is 9.24. The monoisotopic (exact) mass is 342 g/mol. The Morgan fingerprint density at radius 2 is 1.80 bits per heavy atom. The first kappa shape index (κ1) is 17.5. The van der Waals surface area contributed by atoms with Crippen LogP contribution in [0.4, 0.5) is 0 Å². The van der Waals surface area contributed by atoms with Crippen molar-refractivity contribution < 1.29 is 5.11 Å². The molecule has 0 bridgehead atoms. The van der Waals surface area contributed by atoms with Gasteiger partial charge in [0.25, 0.3) is 0 Å². The summed E-state index contributed by atoms with van der Waals surface area (Å²) in [6, 6.07) is 12.6. The van der Waals surface area contributed by atoms with E-state index in [2.05, 4.69) is 40.1 Å². The van der Waals surface area contributed by atoms with Gasteiger partial charge in [-0.15, -0.1) is 0 Å². The van der Waals surface area contributed by atoms with E-state index >= 15 is 0 Å². The molecule has 3 nitrogen and oxygen atoms in total. The summed E-state index contributed by atoms with van der Waals surface area (Å²) in [5.41, 5.74) is 1.46. The second kappa shape index (κ2) is 8.20. The molecule has 0 saturated carbocycles. The Morgan fingerprint density at radius 3 is 2.60 bits per heavy atom. The minimum Gasteiger partial charge on any atom is -0.396 e. The van der Waals surface area contributed by atoms with Gasteiger partial charge in [0, 0.05) is 31.8 Å². The van der Waals surface area contributed by atoms with Gasteiger partial charge in [-0.3, -0.25) is 9.80 Å². The molecule has 0 radical (unpaired) electrons. The van der Waals surface area contributed by atoms with Crippen LogP contribution < -0.4 is 0 Å². The molecule has 4 rings (SSSR count). The maximum atomic E-state index is 9.24. The molecule has 3 aliphatic rings. The third kappa shape index (κ3) is 3.79. The Morgan fingerprint density at radius 1 is 1.00 bits per heavy atom. The van der Waals surface area contributed by atoms with Gasteiger partial charge in [-0.2, -0.15) is 0 Å². The summed E-state index contributed by atoms with van der Waals surface area (Å²) in [5.74, 6) is 1.71. The van der Waals surface area contributed by atoms with E-state index in [1.165, 1.54) is 63.7 Å². The Hall–Kier alpha value is -0.900. The van der Waals surface area contributed by atoms with Crippen LogP contribution in [-0.2, 0) is 6.54 Å². The molecule has 138 valence electrons. The van der Waals surface area contributed by atoms with E-state index in [9.17, 15) is 5.11 Å². The Balaban J connectivity index is 1.54. The molecule has 0 aliphatic carbocycles. The first-order valence-corrected chi connectivity index (χ1v) is 10.5. The molecule has 4 atom stereocenters. The zero-order chi connectivity index (χ0) is 17.1. The standard InChI is InChI=1S/C22H34N2O/c25-15-5-4-12-21-20-11-7-14-23-13-6-10-19(22(20)23)17-24(21)16-18-8-2-1-3-9-18/h1-3,8-9,19-22,25H,4-7,10-17H2/t19-,20+,21?,22-/m0/s1. The largest absolute Gasteiger partial charge is 0.396 e. The van der Waals surface area contributed by atoms with Gasteiger partial charge < -0.3 is 5.11 Å². The summed E-state index contributed by atoms with van der Waals surface area (Å²) in [7, 11) is 0. The molecule has 0 spiro atoms. The first-order valence-electron chi connectivity index (χ1n) is 10.5. The van der Waals surface area contributed by atoms with E-state index in [0.29, 0.717) is 12.6 Å². The number of rotatable bonds is 6. The van der Waals surface area contributed by atoms with E-state index in [-0.39, 0.29) is 0 Å². The van der Waals surface area contributed by atoms with Crippen LogP contribution >= 0.6 is 0 Å². The Labute approximate surface area is 153 Å². The smallest absolute Gasteiger partial charge is 0.0431 e. The Bertz CT molecular complexity index is 532. The van der Waals surface area contributed by atoms with Crippen LogP contribution in [0.1, 0.15) is 50.5 Å². The molecule has 1 aromatic rings. The van der Waals surface area contributed by atoms with Crippen molar-refractivity contribution in [2.75, 3.05) is 26.2 Å². The van der Waals surface area contributed by atoms with Gasteiger partial charge in [-0.1, -0.05) is 30.3 Å². The lowest BCUT2D eigenvalue weighted by Gasteiger charge is -2.57. The number of hydrogen-bond acceptors (Lipinski definition) is 3. The number of piperidine rings is 3. The predicted octanol–water partition coefficient (Wildman–Crippen LogP) is 3.52. The van der Waals surface area contributed by atoms with E-state index < -0.39 is 0 Å². The summed E-state index contributed by atoms with van der Waals surface area (Å²) in [5, 5.41) is 9.24. The summed E-state index contributed by atoms with van der Waals surface area (Å²) in [4.78, 5) is 5.65. The summed E-state index contributed by atoms with van der Waals surface area (Å²) in [6.45, 7) is 5.38. The molecule has 3 saturated heterocycles. The normalized spacial score (nSPS) is 33.2. The van der Waals surface area contributed by atoms with Gasteiger partial charge in [0.05, 0.1) is 0 Å². The second-order valence-electron chi connectivity index (χ2n) is 8.44. The van der Waals surface area contributed by atoms with Gasteiger partial charge in [0.15, 0.2) is 0 Å². The van der Waals surface area contributed by atoms with E-state index in [1.807, 2.05) is 0 Å². The molecular weight excluding hydrogens is 308 g/mol. The van der Waals surface area contributed by atoms with Crippen LogP contribution in [0, 0.1) is 11.8 Å². The van der Waals surface area contributed by atoms with Crippen LogP contribution in [0.2, 0.25) is 0 Å². The molecule has 1 unspecified atom stereocenters. The van der Waals surface area contributed by atoms with Crippen molar-refractivity contribution in [3.63, 3.8) is 0 Å². The third-order valence-corrected chi connectivity index (χ3v) is 6.92. The lowest BCUT2D eigenvalue weighted by atomic mass is 9.69. The summed E-state index contributed by atoms with van der Waals surface area (Å²) < 4.78 is 0.